The minimum absolute atomic E-state index is 0.0355. The van der Waals surface area contributed by atoms with Crippen LogP contribution in [0, 0.1) is 16.0 Å². The summed E-state index contributed by atoms with van der Waals surface area (Å²) in [4.78, 5) is 10.3. The van der Waals surface area contributed by atoms with E-state index in [1.54, 1.807) is 24.3 Å². The SMILES string of the molecule is COc1ccccc1NS(=O)(=O)c1cc([N+](=O)[O-])ccc1NC(C)C(C)C. The number of nitrogens with one attached hydrogen (secondary N) is 2. The highest BCUT2D eigenvalue weighted by Crippen LogP contribution is 2.31. The minimum atomic E-state index is -4.10. The van der Waals surface area contributed by atoms with Crippen molar-refractivity contribution in [3.63, 3.8) is 0 Å². The van der Waals surface area contributed by atoms with E-state index in [2.05, 4.69) is 10.0 Å². The minimum Gasteiger partial charge on any atom is -0.495 e. The third kappa shape index (κ3) is 4.88. The molecule has 1 atom stereocenters. The summed E-state index contributed by atoms with van der Waals surface area (Å²) in [5.41, 5.74) is 0.233. The van der Waals surface area contributed by atoms with E-state index in [1.807, 2.05) is 20.8 Å². The van der Waals surface area contributed by atoms with Crippen molar-refractivity contribution in [1.82, 2.24) is 0 Å². The predicted octanol–water partition coefficient (Wildman–Crippen LogP) is 3.86. The molecule has 0 bridgehead atoms. The Morgan fingerprint density at radius 2 is 1.74 bits per heavy atom. The molecule has 8 nitrogen and oxygen atoms in total. The van der Waals surface area contributed by atoms with Gasteiger partial charge >= 0.3 is 0 Å². The number of benzene rings is 2. The van der Waals surface area contributed by atoms with Gasteiger partial charge in [-0.1, -0.05) is 26.0 Å². The average molecular weight is 393 g/mol. The van der Waals surface area contributed by atoms with Crippen LogP contribution in [0.3, 0.4) is 0 Å². The van der Waals surface area contributed by atoms with Gasteiger partial charge in [0.05, 0.1) is 23.4 Å². The number of nitrogens with zero attached hydrogens (tertiary/aromatic N) is 1. The van der Waals surface area contributed by atoms with Gasteiger partial charge in [0.2, 0.25) is 0 Å². The molecule has 0 saturated heterocycles. The van der Waals surface area contributed by atoms with Crippen LogP contribution in [0.25, 0.3) is 0 Å². The molecule has 0 aliphatic rings. The van der Waals surface area contributed by atoms with E-state index in [9.17, 15) is 18.5 Å². The van der Waals surface area contributed by atoms with Crippen LogP contribution < -0.4 is 14.8 Å². The Labute approximate surface area is 158 Å². The number of nitro benzene ring substituents is 1. The number of hydrogen-bond acceptors (Lipinski definition) is 6. The van der Waals surface area contributed by atoms with Gasteiger partial charge in [-0.3, -0.25) is 14.8 Å². The van der Waals surface area contributed by atoms with Gasteiger partial charge in [0.15, 0.2) is 0 Å². The monoisotopic (exact) mass is 393 g/mol. The van der Waals surface area contributed by atoms with Gasteiger partial charge in [-0.2, -0.15) is 0 Å². The van der Waals surface area contributed by atoms with Crippen LogP contribution in [0.1, 0.15) is 20.8 Å². The molecule has 0 amide bonds. The summed E-state index contributed by atoms with van der Waals surface area (Å²) >= 11 is 0. The molecule has 0 radical (unpaired) electrons. The lowest BCUT2D eigenvalue weighted by atomic mass is 10.1. The molecule has 0 heterocycles. The first kappa shape index (κ1) is 20.5. The highest BCUT2D eigenvalue weighted by Gasteiger charge is 2.24. The fraction of sp³-hybridized carbons (Fsp3) is 0.333. The summed E-state index contributed by atoms with van der Waals surface area (Å²) < 4.78 is 33.6. The highest BCUT2D eigenvalue weighted by molar-refractivity contribution is 7.93. The number of sulfonamides is 1. The number of hydrogen-bond donors (Lipinski definition) is 2. The highest BCUT2D eigenvalue weighted by atomic mass is 32.2. The fourth-order valence-electron chi connectivity index (χ4n) is 2.31. The maximum atomic E-state index is 13.0. The number of methoxy groups -OCH3 is 1. The summed E-state index contributed by atoms with van der Waals surface area (Å²) in [5, 5.41) is 14.3. The summed E-state index contributed by atoms with van der Waals surface area (Å²) in [6.45, 7) is 5.89. The van der Waals surface area contributed by atoms with Gasteiger partial charge in [0.1, 0.15) is 10.6 Å². The molecule has 0 aromatic heterocycles. The van der Waals surface area contributed by atoms with Crippen molar-refractivity contribution in [2.75, 3.05) is 17.1 Å². The lowest BCUT2D eigenvalue weighted by Crippen LogP contribution is -2.24. The average Bonchev–Trinajstić information content (AvgIpc) is 2.61. The zero-order valence-corrected chi connectivity index (χ0v) is 16.4. The first-order valence-corrected chi connectivity index (χ1v) is 9.85. The molecule has 9 heteroatoms. The molecule has 0 aliphatic heterocycles. The summed E-state index contributed by atoms with van der Waals surface area (Å²) in [5.74, 6) is 0.578. The van der Waals surface area contributed by atoms with Crippen LogP contribution in [0.5, 0.6) is 5.75 Å². The molecule has 0 fully saturated rings. The molecule has 2 aromatic rings. The lowest BCUT2D eigenvalue weighted by molar-refractivity contribution is -0.385. The van der Waals surface area contributed by atoms with Crippen LogP contribution in [0.2, 0.25) is 0 Å². The van der Waals surface area contributed by atoms with E-state index in [0.29, 0.717) is 11.4 Å². The Morgan fingerprint density at radius 1 is 1.07 bits per heavy atom. The molecule has 2 N–H and O–H groups in total. The Morgan fingerprint density at radius 3 is 2.33 bits per heavy atom. The Kier molecular flexibility index (Phi) is 6.27. The van der Waals surface area contributed by atoms with Crippen molar-refractivity contribution < 1.29 is 18.1 Å². The second kappa shape index (κ2) is 8.26. The summed E-state index contributed by atoms with van der Waals surface area (Å²) in [7, 11) is -2.67. The van der Waals surface area contributed by atoms with Crippen molar-refractivity contribution in [2.24, 2.45) is 5.92 Å². The summed E-state index contributed by atoms with van der Waals surface area (Å²) in [6.07, 6.45) is 0. The van der Waals surface area contributed by atoms with Crippen LogP contribution in [-0.4, -0.2) is 26.5 Å². The number of ether oxygens (including phenoxy) is 1. The Hall–Kier alpha value is -2.81. The molecule has 0 spiro atoms. The smallest absolute Gasteiger partial charge is 0.270 e. The maximum Gasteiger partial charge on any atom is 0.270 e. The van der Waals surface area contributed by atoms with Crippen molar-refractivity contribution >= 4 is 27.1 Å². The van der Waals surface area contributed by atoms with Gasteiger partial charge in [-0.25, -0.2) is 8.42 Å². The fourth-order valence-corrected chi connectivity index (χ4v) is 3.57. The molecule has 27 heavy (non-hydrogen) atoms. The van der Waals surface area contributed by atoms with Gasteiger partial charge in [0, 0.05) is 18.2 Å². The zero-order chi connectivity index (χ0) is 20.2. The predicted molar refractivity (Wildman–Crippen MR) is 105 cm³/mol. The summed E-state index contributed by atoms with van der Waals surface area (Å²) in [6, 6.07) is 10.2. The van der Waals surface area contributed by atoms with E-state index in [-0.39, 0.29) is 28.2 Å². The molecule has 0 aliphatic carbocycles. The first-order chi connectivity index (χ1) is 12.7. The lowest BCUT2D eigenvalue weighted by Gasteiger charge is -2.21. The number of rotatable bonds is 8. The molecular weight excluding hydrogens is 370 g/mol. The topological polar surface area (TPSA) is 111 Å². The van der Waals surface area contributed by atoms with Crippen molar-refractivity contribution in [3.8, 4) is 5.75 Å². The quantitative estimate of drug-likeness (QED) is 0.520. The normalized spacial score (nSPS) is 12.5. The first-order valence-electron chi connectivity index (χ1n) is 8.36. The molecule has 2 aromatic carbocycles. The number of para-hydroxylation sites is 2. The van der Waals surface area contributed by atoms with Crippen molar-refractivity contribution in [3.05, 3.63) is 52.6 Å². The standard InChI is InChI=1S/C18H23N3O5S/c1-12(2)13(3)19-16-10-9-14(21(22)23)11-18(16)27(24,25)20-15-7-5-6-8-17(15)26-4/h5-13,19-20H,1-4H3. The second-order valence-corrected chi connectivity index (χ2v) is 8.07. The van der Waals surface area contributed by atoms with E-state index in [0.717, 1.165) is 6.07 Å². The van der Waals surface area contributed by atoms with Crippen molar-refractivity contribution in [2.45, 2.75) is 31.7 Å². The van der Waals surface area contributed by atoms with Gasteiger partial charge < -0.3 is 10.1 Å². The van der Waals surface area contributed by atoms with E-state index in [4.69, 9.17) is 4.74 Å². The van der Waals surface area contributed by atoms with Crippen molar-refractivity contribution in [1.29, 1.82) is 0 Å². The molecule has 0 saturated carbocycles. The van der Waals surface area contributed by atoms with Crippen LogP contribution in [-0.2, 0) is 10.0 Å². The number of nitro groups is 1. The molecule has 1 unspecified atom stereocenters. The molecular formula is C18H23N3O5S. The van der Waals surface area contributed by atoms with Crippen LogP contribution >= 0.6 is 0 Å². The Bertz CT molecular complexity index is 928. The maximum absolute atomic E-state index is 13.0. The van der Waals surface area contributed by atoms with E-state index in [1.165, 1.54) is 19.2 Å². The van der Waals surface area contributed by atoms with Gasteiger partial charge in [-0.15, -0.1) is 0 Å². The zero-order valence-electron chi connectivity index (χ0n) is 15.6. The number of anilines is 2. The third-order valence-electron chi connectivity index (χ3n) is 4.20. The van der Waals surface area contributed by atoms with Gasteiger partial charge in [-0.05, 0) is 31.0 Å². The van der Waals surface area contributed by atoms with Gasteiger partial charge in [0.25, 0.3) is 15.7 Å². The van der Waals surface area contributed by atoms with E-state index < -0.39 is 14.9 Å². The van der Waals surface area contributed by atoms with Crippen LogP contribution in [0.15, 0.2) is 47.4 Å². The van der Waals surface area contributed by atoms with Crippen LogP contribution in [0.4, 0.5) is 17.1 Å². The van der Waals surface area contributed by atoms with E-state index >= 15 is 0 Å². The third-order valence-corrected chi connectivity index (χ3v) is 5.61. The Balaban J connectivity index is 2.51. The number of non-ortho nitro benzene ring substituents is 1. The second-order valence-electron chi connectivity index (χ2n) is 6.42. The largest absolute Gasteiger partial charge is 0.495 e. The molecule has 2 rings (SSSR count). The molecule has 146 valence electrons.